The molecule has 3 N–H and O–H groups in total. The summed E-state index contributed by atoms with van der Waals surface area (Å²) >= 11 is 0. The van der Waals surface area contributed by atoms with Crippen LogP contribution in [-0.2, 0) is 11.2 Å². The largest absolute Gasteiger partial charge is 0.497 e. The van der Waals surface area contributed by atoms with Gasteiger partial charge in [-0.2, -0.15) is 4.98 Å². The van der Waals surface area contributed by atoms with Crippen molar-refractivity contribution in [3.05, 3.63) is 30.2 Å². The van der Waals surface area contributed by atoms with Gasteiger partial charge in [-0.05, 0) is 43.5 Å². The van der Waals surface area contributed by atoms with E-state index < -0.39 is 0 Å². The zero-order valence-electron chi connectivity index (χ0n) is 16.2. The number of hydrogen-bond donors (Lipinski definition) is 2. The van der Waals surface area contributed by atoms with E-state index in [2.05, 4.69) is 15.5 Å². The first-order valence-electron chi connectivity index (χ1n) is 9.02. The molecule has 0 atom stereocenters. The van der Waals surface area contributed by atoms with Crippen LogP contribution in [-0.4, -0.2) is 35.2 Å². The molecule has 0 saturated carbocycles. The molecule has 0 unspecified atom stereocenters. The van der Waals surface area contributed by atoms with Crippen LogP contribution in [0.2, 0.25) is 0 Å². The lowest BCUT2D eigenvalue weighted by atomic mass is 9.94. The van der Waals surface area contributed by atoms with E-state index in [9.17, 15) is 4.79 Å². The van der Waals surface area contributed by atoms with Crippen LogP contribution in [0.15, 0.2) is 28.8 Å². The topological polar surface area (TPSA) is 103 Å². The van der Waals surface area contributed by atoms with E-state index in [0.717, 1.165) is 24.2 Å². The van der Waals surface area contributed by atoms with Gasteiger partial charge in [0.1, 0.15) is 5.75 Å². The van der Waals surface area contributed by atoms with Crippen molar-refractivity contribution in [2.45, 2.75) is 51.5 Å². The molecule has 2 aromatic rings. The number of amides is 1. The maximum absolute atomic E-state index is 12.0. The first kappa shape index (κ1) is 22.9. The zero-order valence-corrected chi connectivity index (χ0v) is 17.0. The third kappa shape index (κ3) is 6.84. The van der Waals surface area contributed by atoms with E-state index in [4.69, 9.17) is 15.0 Å². The molecule has 150 valence electrons. The number of nitrogens with two attached hydrogens (primary N) is 1. The zero-order chi connectivity index (χ0) is 19.0. The minimum atomic E-state index is -0.324. The summed E-state index contributed by atoms with van der Waals surface area (Å²) in [6, 6.07) is 7.45. The summed E-state index contributed by atoms with van der Waals surface area (Å²) in [5, 5.41) is 6.90. The molecule has 0 spiro atoms. The molecule has 0 saturated heterocycles. The minimum absolute atomic E-state index is 0. The number of halogens is 1. The van der Waals surface area contributed by atoms with Gasteiger partial charge in [0.15, 0.2) is 0 Å². The van der Waals surface area contributed by atoms with Gasteiger partial charge < -0.3 is 20.3 Å². The van der Waals surface area contributed by atoms with Crippen molar-refractivity contribution in [1.29, 1.82) is 0 Å². The minimum Gasteiger partial charge on any atom is -0.497 e. The van der Waals surface area contributed by atoms with Crippen LogP contribution in [0.5, 0.6) is 5.75 Å². The fourth-order valence-corrected chi connectivity index (χ4v) is 2.48. The van der Waals surface area contributed by atoms with E-state index in [1.54, 1.807) is 7.11 Å². The normalized spacial score (nSPS) is 11.0. The molecule has 1 heterocycles. The van der Waals surface area contributed by atoms with Gasteiger partial charge in [-0.1, -0.05) is 19.0 Å². The van der Waals surface area contributed by atoms with Gasteiger partial charge in [-0.15, -0.1) is 12.4 Å². The predicted octanol–water partition coefficient (Wildman–Crippen LogP) is 3.12. The van der Waals surface area contributed by atoms with Crippen LogP contribution >= 0.6 is 12.4 Å². The highest BCUT2D eigenvalue weighted by molar-refractivity contribution is 5.85. The number of nitrogens with one attached hydrogen (secondary N) is 1. The second-order valence-electron chi connectivity index (χ2n) is 6.44. The van der Waals surface area contributed by atoms with Crippen LogP contribution < -0.4 is 15.8 Å². The monoisotopic (exact) mass is 396 g/mol. The van der Waals surface area contributed by atoms with E-state index in [1.807, 2.05) is 38.1 Å². The summed E-state index contributed by atoms with van der Waals surface area (Å²) in [6.45, 7) is 4.57. The van der Waals surface area contributed by atoms with E-state index in [0.29, 0.717) is 37.5 Å². The smallest absolute Gasteiger partial charge is 0.226 e. The molecular weight excluding hydrogens is 368 g/mol. The van der Waals surface area contributed by atoms with Crippen LogP contribution in [0.25, 0.3) is 11.4 Å². The molecule has 0 aliphatic carbocycles. The Morgan fingerprint density at radius 2 is 1.93 bits per heavy atom. The Balaban J connectivity index is 0.00000364. The molecule has 7 nitrogen and oxygen atoms in total. The maximum atomic E-state index is 12.0. The lowest BCUT2D eigenvalue weighted by molar-refractivity contribution is -0.121. The molecule has 1 aromatic carbocycles. The fourth-order valence-electron chi connectivity index (χ4n) is 2.48. The van der Waals surface area contributed by atoms with E-state index in [-0.39, 0.29) is 23.9 Å². The predicted molar refractivity (Wildman–Crippen MR) is 107 cm³/mol. The van der Waals surface area contributed by atoms with Gasteiger partial charge in [-0.3, -0.25) is 4.79 Å². The Hall–Kier alpha value is -2.12. The number of carbonyl (C=O) groups excluding carboxylic acids is 1. The molecule has 0 aliphatic rings. The first-order valence-corrected chi connectivity index (χ1v) is 9.02. The lowest BCUT2D eigenvalue weighted by Crippen LogP contribution is -2.49. The van der Waals surface area contributed by atoms with Gasteiger partial charge in [0.25, 0.3) is 0 Å². The SMILES string of the molecule is CCC(N)(CC)CNC(=O)CCCc1nc(-c2ccc(OC)cc2)no1.Cl. The Labute approximate surface area is 166 Å². The van der Waals surface area contributed by atoms with Crippen LogP contribution in [0.4, 0.5) is 0 Å². The average Bonchev–Trinajstić information content (AvgIpc) is 3.15. The van der Waals surface area contributed by atoms with Gasteiger partial charge in [0, 0.05) is 30.5 Å². The number of carbonyl (C=O) groups is 1. The number of aryl methyl sites for hydroxylation is 1. The summed E-state index contributed by atoms with van der Waals surface area (Å²) in [5.74, 6) is 1.83. The van der Waals surface area contributed by atoms with E-state index >= 15 is 0 Å². The molecular formula is C19H29ClN4O3. The Morgan fingerprint density at radius 3 is 2.52 bits per heavy atom. The standard InChI is InChI=1S/C19H28N4O3.ClH/c1-4-19(20,5-2)13-21-16(24)7-6-8-17-22-18(23-26-17)14-9-11-15(25-3)12-10-14;/h9-12H,4-8,13,20H2,1-3H3,(H,21,24);1H. The average molecular weight is 397 g/mol. The van der Waals surface area contributed by atoms with E-state index in [1.165, 1.54) is 0 Å². The highest BCUT2D eigenvalue weighted by Crippen LogP contribution is 2.20. The molecule has 8 heteroatoms. The van der Waals surface area contributed by atoms with Gasteiger partial charge in [-0.25, -0.2) is 0 Å². The molecule has 0 radical (unpaired) electrons. The number of rotatable bonds is 10. The molecule has 2 rings (SSSR count). The lowest BCUT2D eigenvalue weighted by Gasteiger charge is -2.26. The second-order valence-corrected chi connectivity index (χ2v) is 6.44. The molecule has 0 aliphatic heterocycles. The highest BCUT2D eigenvalue weighted by atomic mass is 35.5. The quantitative estimate of drug-likeness (QED) is 0.639. The van der Waals surface area contributed by atoms with Crippen molar-refractivity contribution >= 4 is 18.3 Å². The first-order chi connectivity index (χ1) is 12.5. The highest BCUT2D eigenvalue weighted by Gasteiger charge is 2.20. The third-order valence-electron chi connectivity index (χ3n) is 4.66. The van der Waals surface area contributed by atoms with Crippen molar-refractivity contribution in [3.8, 4) is 17.1 Å². The van der Waals surface area contributed by atoms with Gasteiger partial charge in [0.05, 0.1) is 7.11 Å². The molecule has 0 fully saturated rings. The fraction of sp³-hybridized carbons (Fsp3) is 0.526. The van der Waals surface area contributed by atoms with Crippen molar-refractivity contribution in [2.75, 3.05) is 13.7 Å². The molecule has 1 amide bonds. The molecule has 1 aromatic heterocycles. The Morgan fingerprint density at radius 1 is 1.26 bits per heavy atom. The summed E-state index contributed by atoms with van der Waals surface area (Å²) in [7, 11) is 1.62. The maximum Gasteiger partial charge on any atom is 0.226 e. The van der Waals surface area contributed by atoms with Crippen LogP contribution in [0, 0.1) is 0 Å². The number of methoxy groups -OCH3 is 1. The Bertz CT molecular complexity index is 699. The molecule has 27 heavy (non-hydrogen) atoms. The number of hydrogen-bond acceptors (Lipinski definition) is 6. The summed E-state index contributed by atoms with van der Waals surface area (Å²) < 4.78 is 10.4. The van der Waals surface area contributed by atoms with Crippen molar-refractivity contribution in [3.63, 3.8) is 0 Å². The number of ether oxygens (including phenoxy) is 1. The van der Waals surface area contributed by atoms with Gasteiger partial charge >= 0.3 is 0 Å². The van der Waals surface area contributed by atoms with Crippen molar-refractivity contribution < 1.29 is 14.1 Å². The van der Waals surface area contributed by atoms with Crippen molar-refractivity contribution in [1.82, 2.24) is 15.5 Å². The summed E-state index contributed by atoms with van der Waals surface area (Å²) in [5.41, 5.74) is 6.72. The number of aromatic nitrogens is 2. The Kier molecular flexibility index (Phi) is 9.25. The number of benzene rings is 1. The number of nitrogens with zero attached hydrogens (tertiary/aromatic N) is 2. The third-order valence-corrected chi connectivity index (χ3v) is 4.66. The van der Waals surface area contributed by atoms with Crippen molar-refractivity contribution in [2.24, 2.45) is 5.73 Å². The van der Waals surface area contributed by atoms with Crippen LogP contribution in [0.3, 0.4) is 0 Å². The summed E-state index contributed by atoms with van der Waals surface area (Å²) in [6.07, 6.45) is 3.28. The molecule has 0 bridgehead atoms. The second kappa shape index (κ2) is 10.9. The van der Waals surface area contributed by atoms with Gasteiger partial charge in [0.2, 0.25) is 17.6 Å². The summed E-state index contributed by atoms with van der Waals surface area (Å²) in [4.78, 5) is 16.3. The van der Waals surface area contributed by atoms with Crippen LogP contribution in [0.1, 0.15) is 45.4 Å².